The number of carbonyl (C=O) groups is 1. The van der Waals surface area contributed by atoms with Crippen molar-refractivity contribution in [2.24, 2.45) is 17.8 Å². The van der Waals surface area contributed by atoms with Crippen molar-refractivity contribution in [3.8, 4) is 28.4 Å². The van der Waals surface area contributed by atoms with Crippen LogP contribution in [0, 0.1) is 30.5 Å². The van der Waals surface area contributed by atoms with Crippen LogP contribution in [0.1, 0.15) is 42.1 Å². The molecule has 3 aliphatic rings. The van der Waals surface area contributed by atoms with E-state index in [1.807, 2.05) is 17.9 Å². The van der Waals surface area contributed by atoms with Gasteiger partial charge in [0.25, 0.3) is 5.91 Å². The first kappa shape index (κ1) is 23.6. The fourth-order valence-corrected chi connectivity index (χ4v) is 6.49. The molecule has 5 heterocycles. The molecule has 2 saturated carbocycles. The summed E-state index contributed by atoms with van der Waals surface area (Å²) in [4.78, 5) is 24.9. The third-order valence-electron chi connectivity index (χ3n) is 9.01. The highest BCUT2D eigenvalue weighted by Crippen LogP contribution is 2.48. The van der Waals surface area contributed by atoms with Gasteiger partial charge in [-0.05, 0) is 74.3 Å². The minimum atomic E-state index is -0.678. The average Bonchev–Trinajstić information content (AvgIpc) is 3.86. The molecular weight excluding hydrogens is 507 g/mol. The molecule has 202 valence electrons. The molecule has 1 N–H and O–H groups in total. The van der Waals surface area contributed by atoms with Crippen molar-refractivity contribution in [2.45, 2.75) is 45.7 Å². The van der Waals surface area contributed by atoms with Crippen molar-refractivity contribution in [3.63, 3.8) is 0 Å². The maximum Gasteiger partial charge on any atom is 0.257 e. The van der Waals surface area contributed by atoms with Gasteiger partial charge in [-0.25, -0.2) is 18.9 Å². The van der Waals surface area contributed by atoms with E-state index in [-0.39, 0.29) is 11.5 Å². The van der Waals surface area contributed by atoms with E-state index in [9.17, 15) is 14.3 Å². The van der Waals surface area contributed by atoms with Gasteiger partial charge >= 0.3 is 0 Å². The number of likely N-dealkylation sites (tertiary alicyclic amines) is 1. The summed E-state index contributed by atoms with van der Waals surface area (Å²) in [6.45, 7) is 5.82. The number of amides is 1. The van der Waals surface area contributed by atoms with Gasteiger partial charge in [0.05, 0.1) is 17.0 Å². The van der Waals surface area contributed by atoms with E-state index in [0.29, 0.717) is 40.7 Å². The van der Waals surface area contributed by atoms with Crippen molar-refractivity contribution in [1.29, 1.82) is 0 Å². The average molecular weight is 537 g/mol. The molecule has 3 atom stereocenters. The minimum absolute atomic E-state index is 0.0275. The summed E-state index contributed by atoms with van der Waals surface area (Å²) in [6.07, 6.45) is 6.90. The largest absolute Gasteiger partial charge is 0.505 e. The lowest BCUT2D eigenvalue weighted by molar-refractivity contribution is 0.0759. The van der Waals surface area contributed by atoms with Crippen LogP contribution in [0.5, 0.6) is 5.75 Å². The smallest absolute Gasteiger partial charge is 0.257 e. The Morgan fingerprint density at radius 2 is 2.02 bits per heavy atom. The molecule has 0 spiro atoms. The molecular formula is C31H29FN6O2. The van der Waals surface area contributed by atoms with Crippen molar-refractivity contribution >= 4 is 22.6 Å². The predicted molar refractivity (Wildman–Crippen MR) is 148 cm³/mol. The van der Waals surface area contributed by atoms with Crippen LogP contribution in [-0.4, -0.2) is 52.6 Å². The number of rotatable bonds is 5. The molecule has 1 aliphatic heterocycles. The standard InChI is InChI=1S/C31H29FN6O2/c1-16-13-37(24-11-22(16)24)31(40)20-12-33-29-17(2)28(35-38(29)15-20)25-10-19-8-9-23(21-4-3-5-26(39)27(21)32)34-30(19)36(25)14-18-6-7-18/h3-5,8-10,12,15-16,18,22,24,39H,6-7,11,13-14H2,1-2H3. The van der Waals surface area contributed by atoms with E-state index >= 15 is 0 Å². The molecule has 5 aromatic rings. The monoisotopic (exact) mass is 536 g/mol. The van der Waals surface area contributed by atoms with Crippen LogP contribution >= 0.6 is 0 Å². The van der Waals surface area contributed by atoms with Crippen molar-refractivity contribution in [1.82, 2.24) is 29.0 Å². The Bertz CT molecular complexity index is 1850. The van der Waals surface area contributed by atoms with Crippen molar-refractivity contribution in [2.75, 3.05) is 6.54 Å². The summed E-state index contributed by atoms with van der Waals surface area (Å²) >= 11 is 0. The second-order valence-electron chi connectivity index (χ2n) is 11.8. The summed E-state index contributed by atoms with van der Waals surface area (Å²) in [5, 5.41) is 15.8. The van der Waals surface area contributed by atoms with Gasteiger partial charge in [0.1, 0.15) is 11.3 Å². The number of aryl methyl sites for hydroxylation is 1. The quantitative estimate of drug-likeness (QED) is 0.322. The van der Waals surface area contributed by atoms with Gasteiger partial charge in [-0.2, -0.15) is 5.10 Å². The van der Waals surface area contributed by atoms with Crippen LogP contribution in [0.4, 0.5) is 4.39 Å². The number of pyridine rings is 1. The van der Waals surface area contributed by atoms with Gasteiger partial charge in [-0.1, -0.05) is 13.0 Å². The van der Waals surface area contributed by atoms with Crippen LogP contribution in [0.15, 0.2) is 48.8 Å². The third kappa shape index (κ3) is 3.56. The Labute approximate surface area is 230 Å². The SMILES string of the molecule is Cc1c(-c2cc3ccc(-c4cccc(O)c4F)nc3n2CC2CC2)nn2cc(C(=O)N3CC(C)C4CC43)cnc12. The molecule has 3 unspecified atom stereocenters. The molecule has 2 aliphatic carbocycles. The zero-order valence-electron chi connectivity index (χ0n) is 22.4. The highest BCUT2D eigenvalue weighted by atomic mass is 19.1. The number of benzene rings is 1. The number of aromatic nitrogens is 5. The van der Waals surface area contributed by atoms with E-state index in [4.69, 9.17) is 10.1 Å². The molecule has 0 bridgehead atoms. The van der Waals surface area contributed by atoms with E-state index in [1.54, 1.807) is 35.1 Å². The summed E-state index contributed by atoms with van der Waals surface area (Å²) in [7, 11) is 0. The Morgan fingerprint density at radius 3 is 2.77 bits per heavy atom. The van der Waals surface area contributed by atoms with E-state index < -0.39 is 11.6 Å². The lowest BCUT2D eigenvalue weighted by Gasteiger charge is -2.19. The molecule has 3 fully saturated rings. The molecule has 1 aromatic carbocycles. The van der Waals surface area contributed by atoms with Crippen LogP contribution in [0.2, 0.25) is 0 Å². The van der Waals surface area contributed by atoms with Crippen LogP contribution in [0.3, 0.4) is 0 Å². The zero-order chi connectivity index (χ0) is 27.3. The molecule has 40 heavy (non-hydrogen) atoms. The second kappa shape index (κ2) is 8.36. The fraction of sp³-hybridized carbons (Fsp3) is 0.355. The number of phenols is 1. The van der Waals surface area contributed by atoms with Gasteiger partial charge < -0.3 is 14.6 Å². The topological polar surface area (TPSA) is 88.6 Å². The van der Waals surface area contributed by atoms with Crippen molar-refractivity contribution < 1.29 is 14.3 Å². The number of nitrogens with zero attached hydrogens (tertiary/aromatic N) is 6. The first-order chi connectivity index (χ1) is 19.4. The molecule has 0 radical (unpaired) electrons. The number of halogens is 1. The summed E-state index contributed by atoms with van der Waals surface area (Å²) < 4.78 is 18.6. The van der Waals surface area contributed by atoms with Gasteiger partial charge in [-0.15, -0.1) is 0 Å². The Kier molecular flexibility index (Phi) is 4.94. The predicted octanol–water partition coefficient (Wildman–Crippen LogP) is 5.46. The van der Waals surface area contributed by atoms with Crippen LogP contribution in [-0.2, 0) is 6.54 Å². The lowest BCUT2D eigenvalue weighted by atomic mass is 10.1. The fourth-order valence-electron chi connectivity index (χ4n) is 6.49. The van der Waals surface area contributed by atoms with E-state index in [2.05, 4.69) is 22.5 Å². The maximum absolute atomic E-state index is 14.7. The first-order valence-electron chi connectivity index (χ1n) is 14.0. The van der Waals surface area contributed by atoms with Crippen LogP contribution in [0.25, 0.3) is 39.3 Å². The van der Waals surface area contributed by atoms with E-state index in [1.165, 1.54) is 6.07 Å². The number of piperidine rings is 1. The third-order valence-corrected chi connectivity index (χ3v) is 9.01. The highest BCUT2D eigenvalue weighted by molar-refractivity contribution is 5.95. The number of aromatic hydroxyl groups is 1. The van der Waals surface area contributed by atoms with Gasteiger partial charge in [0.2, 0.25) is 0 Å². The van der Waals surface area contributed by atoms with Crippen molar-refractivity contribution in [3.05, 3.63) is 65.7 Å². The van der Waals surface area contributed by atoms with Gasteiger partial charge in [0.15, 0.2) is 17.2 Å². The molecule has 8 rings (SSSR count). The maximum atomic E-state index is 14.7. The zero-order valence-corrected chi connectivity index (χ0v) is 22.4. The van der Waals surface area contributed by atoms with Gasteiger partial charge in [-0.3, -0.25) is 4.79 Å². The number of hydrogen-bond donors (Lipinski definition) is 1. The lowest BCUT2D eigenvalue weighted by Crippen LogP contribution is -2.32. The molecule has 1 saturated heterocycles. The Hall–Kier alpha value is -4.27. The number of phenolic OH excluding ortho intramolecular Hbond substituents is 1. The Balaban J connectivity index is 1.22. The second-order valence-corrected chi connectivity index (χ2v) is 11.8. The Morgan fingerprint density at radius 1 is 1.18 bits per heavy atom. The summed E-state index contributed by atoms with van der Waals surface area (Å²) in [6, 6.07) is 10.7. The molecule has 9 heteroatoms. The summed E-state index contributed by atoms with van der Waals surface area (Å²) in [5.74, 6) is 0.714. The number of fused-ring (bicyclic) bond motifs is 3. The van der Waals surface area contributed by atoms with Gasteiger partial charge in [0, 0.05) is 48.0 Å². The van der Waals surface area contributed by atoms with E-state index in [0.717, 1.165) is 60.3 Å². The molecule has 1 amide bonds. The minimum Gasteiger partial charge on any atom is -0.505 e. The molecule has 4 aromatic heterocycles. The van der Waals surface area contributed by atoms with Crippen LogP contribution < -0.4 is 0 Å². The highest BCUT2D eigenvalue weighted by Gasteiger charge is 2.53. The number of carbonyl (C=O) groups excluding carboxylic acids is 1. The molecule has 8 nitrogen and oxygen atoms in total. The number of hydrogen-bond acceptors (Lipinski definition) is 5. The summed E-state index contributed by atoms with van der Waals surface area (Å²) in [5.41, 5.74) is 5.39. The normalized spacial score (nSPS) is 21.9. The first-order valence-corrected chi connectivity index (χ1v) is 14.0.